The Hall–Kier alpha value is -4.55. The van der Waals surface area contributed by atoms with Crippen molar-refractivity contribution < 1.29 is 37.1 Å². The minimum Gasteiger partial charge on any atom is -0.326 e. The number of amides is 6. The van der Waals surface area contributed by atoms with Gasteiger partial charge < -0.3 is 5.32 Å². The first kappa shape index (κ1) is 25.1. The highest BCUT2D eigenvalue weighted by Gasteiger charge is 2.41. The highest BCUT2D eigenvalue weighted by Crippen LogP contribution is 2.32. The zero-order chi connectivity index (χ0) is 25.8. The molecule has 0 radical (unpaired) electrons. The molecule has 0 aromatic heterocycles. The van der Waals surface area contributed by atoms with Crippen molar-refractivity contribution in [2.45, 2.75) is 19.5 Å². The molecule has 3 N–H and O–H groups in total. The maximum Gasteiger partial charge on any atom is 0.416 e. The second-order valence-corrected chi connectivity index (χ2v) is 7.19. The van der Waals surface area contributed by atoms with Crippen LogP contribution in [0.15, 0.2) is 53.6 Å². The average molecular weight is 489 g/mol. The summed E-state index contributed by atoms with van der Waals surface area (Å²) < 4.78 is 39.0. The van der Waals surface area contributed by atoms with Gasteiger partial charge in [0, 0.05) is 23.9 Å². The third-order valence-corrected chi connectivity index (χ3v) is 4.78. The fourth-order valence-electron chi connectivity index (χ4n) is 2.98. The maximum absolute atomic E-state index is 13.0. The molecular formula is C22H18F3N5O5. The molecule has 1 heterocycles. The molecule has 1 aliphatic rings. The monoisotopic (exact) mass is 489 g/mol. The van der Waals surface area contributed by atoms with E-state index in [1.807, 2.05) is 5.32 Å². The molecule has 1 aliphatic heterocycles. The smallest absolute Gasteiger partial charge is 0.326 e. The van der Waals surface area contributed by atoms with Crippen LogP contribution < -0.4 is 21.0 Å². The van der Waals surface area contributed by atoms with Crippen LogP contribution in [0.1, 0.15) is 29.3 Å². The van der Waals surface area contributed by atoms with Crippen molar-refractivity contribution in [3.8, 4) is 0 Å². The summed E-state index contributed by atoms with van der Waals surface area (Å²) in [6, 6.07) is 8.04. The van der Waals surface area contributed by atoms with Gasteiger partial charge in [0.1, 0.15) is 0 Å². The zero-order valence-electron chi connectivity index (χ0n) is 18.1. The van der Waals surface area contributed by atoms with Crippen LogP contribution >= 0.6 is 0 Å². The number of carbonyl (C=O) groups excluding carboxylic acids is 5. The van der Waals surface area contributed by atoms with Gasteiger partial charge in [0.15, 0.2) is 5.92 Å². The van der Waals surface area contributed by atoms with Crippen LogP contribution in [0, 0.1) is 5.92 Å². The Bertz CT molecular complexity index is 1210. The number of hydrogen-bond donors (Lipinski definition) is 3. The van der Waals surface area contributed by atoms with Gasteiger partial charge in [-0.15, -0.1) is 0 Å². The largest absolute Gasteiger partial charge is 0.416 e. The van der Waals surface area contributed by atoms with Crippen molar-refractivity contribution in [2.75, 3.05) is 10.2 Å². The second-order valence-electron chi connectivity index (χ2n) is 7.19. The predicted molar refractivity (Wildman–Crippen MR) is 117 cm³/mol. The van der Waals surface area contributed by atoms with Crippen LogP contribution in [-0.2, 0) is 20.6 Å². The molecular weight excluding hydrogens is 471 g/mol. The Morgan fingerprint density at radius 2 is 1.80 bits per heavy atom. The van der Waals surface area contributed by atoms with Crippen molar-refractivity contribution in [1.29, 1.82) is 0 Å². The van der Waals surface area contributed by atoms with E-state index in [2.05, 4.69) is 15.8 Å². The van der Waals surface area contributed by atoms with Crippen molar-refractivity contribution in [1.82, 2.24) is 10.7 Å². The predicted octanol–water partition coefficient (Wildman–Crippen LogP) is 2.67. The van der Waals surface area contributed by atoms with Crippen molar-refractivity contribution in [3.63, 3.8) is 0 Å². The van der Waals surface area contributed by atoms with Crippen molar-refractivity contribution >= 4 is 47.2 Å². The van der Waals surface area contributed by atoms with Crippen LogP contribution in [0.5, 0.6) is 0 Å². The highest BCUT2D eigenvalue weighted by molar-refractivity contribution is 6.32. The number of anilines is 2. The molecule has 35 heavy (non-hydrogen) atoms. The van der Waals surface area contributed by atoms with E-state index in [-0.39, 0.29) is 17.9 Å². The molecule has 1 fully saturated rings. The molecule has 2 aromatic rings. The van der Waals surface area contributed by atoms with E-state index in [0.29, 0.717) is 16.7 Å². The normalized spacial score (nSPS) is 16.3. The van der Waals surface area contributed by atoms with E-state index in [9.17, 15) is 37.1 Å². The van der Waals surface area contributed by atoms with E-state index >= 15 is 0 Å². The van der Waals surface area contributed by atoms with Gasteiger partial charge in [0.05, 0.1) is 11.3 Å². The highest BCUT2D eigenvalue weighted by atomic mass is 19.4. The second kappa shape index (κ2) is 10.2. The van der Waals surface area contributed by atoms with E-state index in [4.69, 9.17) is 0 Å². The Kier molecular flexibility index (Phi) is 7.28. The number of imide groups is 2. The lowest BCUT2D eigenvalue weighted by molar-refractivity contribution is -0.138. The van der Waals surface area contributed by atoms with Gasteiger partial charge in [-0.1, -0.05) is 13.0 Å². The summed E-state index contributed by atoms with van der Waals surface area (Å²) in [4.78, 5) is 61.0. The number of urea groups is 1. The van der Waals surface area contributed by atoms with Crippen LogP contribution in [0.4, 0.5) is 29.3 Å². The summed E-state index contributed by atoms with van der Waals surface area (Å²) in [6.45, 7) is 1.68. The molecule has 0 bridgehead atoms. The molecule has 0 saturated carbocycles. The third kappa shape index (κ3) is 5.88. The summed E-state index contributed by atoms with van der Waals surface area (Å²) >= 11 is 0. The molecule has 0 aliphatic carbocycles. The Morgan fingerprint density at radius 3 is 2.43 bits per heavy atom. The lowest BCUT2D eigenvalue weighted by Gasteiger charge is -2.28. The van der Waals surface area contributed by atoms with Crippen molar-refractivity contribution in [2.24, 2.45) is 11.0 Å². The summed E-state index contributed by atoms with van der Waals surface area (Å²) in [7, 11) is 0. The topological polar surface area (TPSA) is 137 Å². The number of nitrogens with zero attached hydrogens (tertiary/aromatic N) is 2. The maximum atomic E-state index is 13.0. The molecule has 2 aromatic carbocycles. The van der Waals surface area contributed by atoms with Gasteiger partial charge in [0.25, 0.3) is 11.8 Å². The number of barbiturate groups is 1. The Balaban J connectivity index is 1.71. The Labute approximate surface area is 196 Å². The number of hydrogen-bond acceptors (Lipinski definition) is 6. The number of halogens is 3. The van der Waals surface area contributed by atoms with Gasteiger partial charge >= 0.3 is 12.2 Å². The minimum absolute atomic E-state index is 0.150. The number of nitrogens with one attached hydrogen (secondary N) is 3. The quantitative estimate of drug-likeness (QED) is 0.326. The summed E-state index contributed by atoms with van der Waals surface area (Å²) in [6.07, 6.45) is -3.67. The van der Waals surface area contributed by atoms with Gasteiger partial charge in [-0.25, -0.2) is 15.1 Å². The first-order valence-electron chi connectivity index (χ1n) is 10.1. The molecule has 0 spiro atoms. The first-order valence-corrected chi connectivity index (χ1v) is 10.1. The molecule has 1 saturated heterocycles. The van der Waals surface area contributed by atoms with Gasteiger partial charge in [0.2, 0.25) is 11.8 Å². The van der Waals surface area contributed by atoms with Crippen LogP contribution in [0.3, 0.4) is 0 Å². The van der Waals surface area contributed by atoms with E-state index in [1.54, 1.807) is 6.92 Å². The SMILES string of the molecule is CCC(=O)Nc1ccc(C(=O)N/N=C\[C@@H]2C(=O)NC(=O)N(c3cccc(C(F)(F)F)c3)C2=O)cc1. The lowest BCUT2D eigenvalue weighted by atomic mass is 10.1. The molecule has 1 atom stereocenters. The number of benzene rings is 2. The van der Waals surface area contributed by atoms with E-state index in [1.165, 1.54) is 24.3 Å². The van der Waals surface area contributed by atoms with E-state index < -0.39 is 47.1 Å². The first-order chi connectivity index (χ1) is 16.5. The summed E-state index contributed by atoms with van der Waals surface area (Å²) in [5, 5.41) is 8.05. The molecule has 13 heteroatoms. The summed E-state index contributed by atoms with van der Waals surface area (Å²) in [5.74, 6) is -4.80. The van der Waals surface area contributed by atoms with E-state index in [0.717, 1.165) is 24.4 Å². The fraction of sp³-hybridized carbons (Fsp3) is 0.182. The van der Waals surface area contributed by atoms with Gasteiger partial charge in [-0.3, -0.25) is 24.5 Å². The number of rotatable bonds is 6. The minimum atomic E-state index is -4.72. The van der Waals surface area contributed by atoms with Crippen molar-refractivity contribution in [3.05, 3.63) is 59.7 Å². The van der Waals surface area contributed by atoms with Crippen LogP contribution in [-0.4, -0.2) is 35.9 Å². The van der Waals surface area contributed by atoms with Crippen LogP contribution in [0.2, 0.25) is 0 Å². The molecule has 10 nitrogen and oxygen atoms in total. The molecule has 3 rings (SSSR count). The summed E-state index contributed by atoms with van der Waals surface area (Å²) in [5.41, 5.74) is 1.25. The molecule has 182 valence electrons. The average Bonchev–Trinajstić information content (AvgIpc) is 2.81. The van der Waals surface area contributed by atoms with Crippen LogP contribution in [0.25, 0.3) is 0 Å². The zero-order valence-corrected chi connectivity index (χ0v) is 18.1. The van der Waals surface area contributed by atoms with Gasteiger partial charge in [-0.05, 0) is 42.5 Å². The fourth-order valence-corrected chi connectivity index (χ4v) is 2.98. The lowest BCUT2D eigenvalue weighted by Crippen LogP contribution is -2.58. The standard InChI is InChI=1S/C22H18F3N5O5/c1-2-17(31)27-14-8-6-12(7-9-14)18(32)29-26-11-16-19(33)28-21(35)30(20(16)34)15-5-3-4-13(10-15)22(23,24)25/h3-11,16H,2H2,1H3,(H,27,31)(H,29,32)(H,28,33,35)/b26-11-/t16-/m1/s1. The Morgan fingerprint density at radius 1 is 1.11 bits per heavy atom. The molecule has 0 unspecified atom stereocenters. The third-order valence-electron chi connectivity index (χ3n) is 4.78. The number of carbonyl (C=O) groups is 5. The van der Waals surface area contributed by atoms with Gasteiger partial charge in [-0.2, -0.15) is 18.3 Å². The molecule has 6 amide bonds. The number of hydrazone groups is 1. The number of alkyl halides is 3.